The van der Waals surface area contributed by atoms with Crippen molar-refractivity contribution in [3.63, 3.8) is 0 Å². The fourth-order valence-electron chi connectivity index (χ4n) is 3.52. The maximum absolute atomic E-state index is 13.3. The molecule has 10 nitrogen and oxygen atoms in total. The van der Waals surface area contributed by atoms with Gasteiger partial charge in [-0.3, -0.25) is 14.2 Å². The number of anilines is 2. The minimum Gasteiger partial charge on any atom is -0.478 e. The van der Waals surface area contributed by atoms with Gasteiger partial charge >= 0.3 is 5.97 Å². The van der Waals surface area contributed by atoms with E-state index in [1.54, 1.807) is 31.2 Å². The number of aromatic nitrogens is 2. The lowest BCUT2D eigenvalue weighted by Gasteiger charge is -2.18. The Labute approximate surface area is 212 Å². The first-order valence-corrected chi connectivity index (χ1v) is 11.5. The average molecular weight is 511 g/mol. The summed E-state index contributed by atoms with van der Waals surface area (Å²) in [6.07, 6.45) is 0. The van der Waals surface area contributed by atoms with Crippen LogP contribution in [-0.2, 0) is 17.9 Å². The Morgan fingerprint density at radius 3 is 2.42 bits per heavy atom. The summed E-state index contributed by atoms with van der Waals surface area (Å²) in [5.41, 5.74) is 7.70. The first-order chi connectivity index (χ1) is 17.0. The van der Waals surface area contributed by atoms with Crippen molar-refractivity contribution in [1.82, 2.24) is 14.9 Å². The van der Waals surface area contributed by atoms with Crippen LogP contribution in [0.5, 0.6) is 0 Å². The number of nitrogens with two attached hydrogens (primary N) is 1. The fraction of sp³-hybridized carbons (Fsp3) is 0.240. The van der Waals surface area contributed by atoms with Crippen molar-refractivity contribution in [2.75, 3.05) is 11.1 Å². The molecule has 1 aromatic heterocycles. The lowest BCUT2D eigenvalue weighted by atomic mass is 10.1. The number of nitrogens with one attached hydrogen (secondary N) is 3. The van der Waals surface area contributed by atoms with Gasteiger partial charge in [-0.25, -0.2) is 9.78 Å². The predicted molar refractivity (Wildman–Crippen MR) is 140 cm³/mol. The van der Waals surface area contributed by atoms with E-state index in [2.05, 4.69) is 15.6 Å². The Bertz CT molecular complexity index is 1380. The van der Waals surface area contributed by atoms with Crippen molar-refractivity contribution in [1.29, 1.82) is 5.41 Å². The number of hydrogen-bond donors (Lipinski definition) is 5. The van der Waals surface area contributed by atoms with Gasteiger partial charge in [-0.15, -0.1) is 0 Å². The van der Waals surface area contributed by atoms with Gasteiger partial charge in [0.05, 0.1) is 11.3 Å². The minimum atomic E-state index is -1.21. The number of nitrogens with zero attached hydrogens (tertiary/aromatic N) is 2. The molecular weight excluding hydrogens is 484 g/mol. The standard InChI is InChI=1S/C25H27ClN6O4/c1-13(2)30-23-24(34)32(12-20(33)29-11-15-4-6-16(7-5-15)14(3)27)21(22(26)31-23)17-8-18(25(35)36)10-19(28)9-17/h4-10,13,27H,11-12,28H2,1-3H3,(H,29,33)(H,30,31)(H,35,36). The molecule has 0 bridgehead atoms. The van der Waals surface area contributed by atoms with Crippen LogP contribution in [-0.4, -0.2) is 38.3 Å². The van der Waals surface area contributed by atoms with Gasteiger partial charge in [-0.1, -0.05) is 35.9 Å². The maximum atomic E-state index is 13.3. The number of carboxylic acids is 1. The van der Waals surface area contributed by atoms with E-state index in [0.29, 0.717) is 5.71 Å². The molecule has 0 unspecified atom stereocenters. The van der Waals surface area contributed by atoms with Crippen molar-refractivity contribution >= 4 is 40.7 Å². The summed E-state index contributed by atoms with van der Waals surface area (Å²) in [5.74, 6) is -1.71. The van der Waals surface area contributed by atoms with Crippen molar-refractivity contribution in [2.45, 2.75) is 39.9 Å². The van der Waals surface area contributed by atoms with E-state index in [4.69, 9.17) is 22.7 Å². The molecule has 0 spiro atoms. The Morgan fingerprint density at radius 2 is 1.83 bits per heavy atom. The lowest BCUT2D eigenvalue weighted by Crippen LogP contribution is -2.35. The third-order valence-corrected chi connectivity index (χ3v) is 5.47. The van der Waals surface area contributed by atoms with Crippen LogP contribution in [0.2, 0.25) is 5.15 Å². The topological polar surface area (TPSA) is 163 Å². The number of aromatic carboxylic acids is 1. The highest BCUT2D eigenvalue weighted by molar-refractivity contribution is 6.32. The van der Waals surface area contributed by atoms with E-state index < -0.39 is 24.0 Å². The summed E-state index contributed by atoms with van der Waals surface area (Å²) >= 11 is 6.46. The van der Waals surface area contributed by atoms with Crippen LogP contribution < -0.4 is 21.9 Å². The van der Waals surface area contributed by atoms with E-state index >= 15 is 0 Å². The molecule has 0 atom stereocenters. The van der Waals surface area contributed by atoms with Crippen LogP contribution in [0.1, 0.15) is 42.3 Å². The predicted octanol–water partition coefficient (Wildman–Crippen LogP) is 3.37. The summed E-state index contributed by atoms with van der Waals surface area (Å²) in [6, 6.07) is 11.1. The van der Waals surface area contributed by atoms with Crippen molar-refractivity contribution in [2.24, 2.45) is 0 Å². The first-order valence-electron chi connectivity index (χ1n) is 11.1. The molecule has 0 aliphatic rings. The van der Waals surface area contributed by atoms with Gasteiger partial charge < -0.3 is 26.9 Å². The summed E-state index contributed by atoms with van der Waals surface area (Å²) in [7, 11) is 0. The zero-order valence-electron chi connectivity index (χ0n) is 20.1. The summed E-state index contributed by atoms with van der Waals surface area (Å²) in [4.78, 5) is 41.9. The molecule has 6 N–H and O–H groups in total. The smallest absolute Gasteiger partial charge is 0.335 e. The average Bonchev–Trinajstić information content (AvgIpc) is 2.80. The molecule has 0 aliphatic heterocycles. The lowest BCUT2D eigenvalue weighted by molar-refractivity contribution is -0.121. The van der Waals surface area contributed by atoms with E-state index in [1.807, 2.05) is 13.8 Å². The zero-order valence-corrected chi connectivity index (χ0v) is 20.8. The second-order valence-corrected chi connectivity index (χ2v) is 8.90. The van der Waals surface area contributed by atoms with E-state index in [1.165, 1.54) is 18.2 Å². The van der Waals surface area contributed by atoms with Gasteiger partial charge in [0.25, 0.3) is 5.56 Å². The molecule has 3 aromatic rings. The number of carboxylic acid groups (broad SMARTS) is 1. The molecule has 0 radical (unpaired) electrons. The first kappa shape index (κ1) is 26.4. The number of rotatable bonds is 9. The summed E-state index contributed by atoms with van der Waals surface area (Å²) < 4.78 is 1.15. The van der Waals surface area contributed by atoms with E-state index in [-0.39, 0.29) is 46.1 Å². The van der Waals surface area contributed by atoms with Gasteiger partial charge in [-0.2, -0.15) is 0 Å². The number of amides is 1. The van der Waals surface area contributed by atoms with Gasteiger partial charge in [-0.05, 0) is 50.1 Å². The van der Waals surface area contributed by atoms with Gasteiger partial charge in [0, 0.05) is 29.5 Å². The monoisotopic (exact) mass is 510 g/mol. The van der Waals surface area contributed by atoms with Crippen LogP contribution in [0.15, 0.2) is 47.3 Å². The highest BCUT2D eigenvalue weighted by Gasteiger charge is 2.21. The number of nitrogen functional groups attached to an aromatic ring is 1. The third-order valence-electron chi connectivity index (χ3n) is 5.20. The maximum Gasteiger partial charge on any atom is 0.335 e. The number of carbonyl (C=O) groups excluding carboxylic acids is 1. The highest BCUT2D eigenvalue weighted by Crippen LogP contribution is 2.29. The number of benzene rings is 2. The summed E-state index contributed by atoms with van der Waals surface area (Å²) in [6.45, 7) is 5.15. The quantitative estimate of drug-likeness (QED) is 0.217. The van der Waals surface area contributed by atoms with Crippen LogP contribution in [0.3, 0.4) is 0 Å². The van der Waals surface area contributed by atoms with Crippen LogP contribution in [0.4, 0.5) is 11.5 Å². The second kappa shape index (κ2) is 11.0. The third kappa shape index (κ3) is 6.28. The molecule has 11 heteroatoms. The van der Waals surface area contributed by atoms with E-state index in [9.17, 15) is 19.5 Å². The Morgan fingerprint density at radius 1 is 1.17 bits per heavy atom. The normalized spacial score (nSPS) is 10.8. The molecule has 1 amide bonds. The van der Waals surface area contributed by atoms with Gasteiger partial charge in [0.2, 0.25) is 5.91 Å². The van der Waals surface area contributed by atoms with Crippen LogP contribution in [0, 0.1) is 5.41 Å². The van der Waals surface area contributed by atoms with Crippen LogP contribution in [0.25, 0.3) is 11.3 Å². The molecule has 188 valence electrons. The number of carbonyl (C=O) groups is 2. The molecule has 2 aromatic carbocycles. The van der Waals surface area contributed by atoms with Crippen molar-refractivity contribution < 1.29 is 14.7 Å². The van der Waals surface area contributed by atoms with Gasteiger partial charge in [0.15, 0.2) is 11.0 Å². The Kier molecular flexibility index (Phi) is 8.11. The number of hydrogen-bond acceptors (Lipinski definition) is 7. The Hall–Kier alpha value is -4.18. The SMILES string of the molecule is CC(=N)c1ccc(CNC(=O)Cn2c(-c3cc(N)cc(C(=O)O)c3)c(Cl)nc(NC(C)C)c2=O)cc1. The fourth-order valence-corrected chi connectivity index (χ4v) is 3.81. The molecule has 3 rings (SSSR count). The molecule has 1 heterocycles. The van der Waals surface area contributed by atoms with E-state index in [0.717, 1.165) is 15.7 Å². The second-order valence-electron chi connectivity index (χ2n) is 8.54. The molecular formula is C25H27ClN6O4. The number of halogens is 1. The highest BCUT2D eigenvalue weighted by atomic mass is 35.5. The molecule has 0 saturated heterocycles. The largest absolute Gasteiger partial charge is 0.478 e. The molecule has 0 saturated carbocycles. The van der Waals surface area contributed by atoms with Crippen LogP contribution >= 0.6 is 11.6 Å². The van der Waals surface area contributed by atoms with Crippen molar-refractivity contribution in [3.05, 3.63) is 74.7 Å². The molecule has 0 aliphatic carbocycles. The summed E-state index contributed by atoms with van der Waals surface area (Å²) in [5, 5.41) is 22.7. The zero-order chi connectivity index (χ0) is 26.6. The minimum absolute atomic E-state index is 0.0356. The van der Waals surface area contributed by atoms with Crippen molar-refractivity contribution in [3.8, 4) is 11.3 Å². The molecule has 36 heavy (non-hydrogen) atoms. The van der Waals surface area contributed by atoms with Gasteiger partial charge in [0.1, 0.15) is 6.54 Å². The molecule has 0 fully saturated rings. The Balaban J connectivity index is 1.99.